The molecule has 0 saturated heterocycles. The van der Waals surface area contributed by atoms with Crippen molar-refractivity contribution in [2.75, 3.05) is 33.7 Å². The topological polar surface area (TPSA) is 39.7 Å². The fourth-order valence-corrected chi connectivity index (χ4v) is 2.17. The monoisotopic (exact) mass is 438 g/mol. The maximum Gasteiger partial charge on any atom is 0.191 e. The van der Waals surface area contributed by atoms with Crippen LogP contribution in [0.5, 0.6) is 0 Å². The van der Waals surface area contributed by atoms with Crippen LogP contribution in [-0.2, 0) is 6.54 Å². The minimum absolute atomic E-state index is 0. The number of rotatable bonds is 8. The van der Waals surface area contributed by atoms with E-state index in [9.17, 15) is 0 Å². The Labute approximate surface area is 156 Å². The summed E-state index contributed by atoms with van der Waals surface area (Å²) in [6, 6.07) is 7.84. The van der Waals surface area contributed by atoms with Gasteiger partial charge in [-0.05, 0) is 37.7 Å². The Bertz CT molecular complexity index is 440. The third-order valence-corrected chi connectivity index (χ3v) is 3.49. The number of nitrogens with zero attached hydrogens (tertiary/aromatic N) is 2. The molecule has 0 aliphatic carbocycles. The Hall–Kier alpha value is -0.530. The Kier molecular flexibility index (Phi) is 12.6. The third kappa shape index (κ3) is 9.48. The molecule has 1 aromatic carbocycles. The van der Waals surface area contributed by atoms with Crippen molar-refractivity contribution in [2.45, 2.75) is 26.3 Å². The summed E-state index contributed by atoms with van der Waals surface area (Å²) in [5.41, 5.74) is 1.14. The van der Waals surface area contributed by atoms with E-state index in [4.69, 9.17) is 11.6 Å². The average Bonchev–Trinajstić information content (AvgIpc) is 2.48. The molecule has 0 spiro atoms. The van der Waals surface area contributed by atoms with E-state index in [1.807, 2.05) is 24.3 Å². The van der Waals surface area contributed by atoms with E-state index in [0.29, 0.717) is 6.54 Å². The molecular formula is C16H28ClIN4. The summed E-state index contributed by atoms with van der Waals surface area (Å²) in [6.45, 7) is 5.97. The average molecular weight is 439 g/mol. The summed E-state index contributed by atoms with van der Waals surface area (Å²) in [5, 5.41) is 7.38. The van der Waals surface area contributed by atoms with Crippen molar-refractivity contribution in [1.82, 2.24) is 15.5 Å². The quantitative estimate of drug-likeness (QED) is 0.371. The number of hydrogen-bond donors (Lipinski definition) is 2. The van der Waals surface area contributed by atoms with Gasteiger partial charge in [0.1, 0.15) is 0 Å². The van der Waals surface area contributed by atoms with Crippen LogP contribution in [0.4, 0.5) is 0 Å². The standard InChI is InChI=1S/C16H27ClN4.HI/c1-4-5-10-21(3)11-9-19-16(18-2)20-13-14-7-6-8-15(17)12-14;/h6-8,12H,4-5,9-11,13H2,1-3H3,(H2,18,19,20);1H. The largest absolute Gasteiger partial charge is 0.355 e. The number of unbranched alkanes of at least 4 members (excludes halogenated alkanes) is 1. The van der Waals surface area contributed by atoms with Gasteiger partial charge in [0.05, 0.1) is 0 Å². The Balaban J connectivity index is 0.00000441. The van der Waals surface area contributed by atoms with Crippen LogP contribution >= 0.6 is 35.6 Å². The second-order valence-corrected chi connectivity index (χ2v) is 5.58. The molecule has 126 valence electrons. The summed E-state index contributed by atoms with van der Waals surface area (Å²) in [6.07, 6.45) is 2.48. The van der Waals surface area contributed by atoms with Crippen molar-refractivity contribution in [3.05, 3.63) is 34.9 Å². The van der Waals surface area contributed by atoms with Crippen molar-refractivity contribution in [3.8, 4) is 0 Å². The number of halogens is 2. The maximum atomic E-state index is 5.97. The van der Waals surface area contributed by atoms with Crippen LogP contribution in [0.1, 0.15) is 25.3 Å². The van der Waals surface area contributed by atoms with Gasteiger partial charge in [0.15, 0.2) is 5.96 Å². The molecule has 0 amide bonds. The van der Waals surface area contributed by atoms with Gasteiger partial charge in [-0.1, -0.05) is 37.1 Å². The lowest BCUT2D eigenvalue weighted by Gasteiger charge is -2.18. The summed E-state index contributed by atoms with van der Waals surface area (Å²) < 4.78 is 0. The van der Waals surface area contributed by atoms with Gasteiger partial charge in [0, 0.05) is 31.7 Å². The smallest absolute Gasteiger partial charge is 0.191 e. The minimum atomic E-state index is 0. The summed E-state index contributed by atoms with van der Waals surface area (Å²) in [5.74, 6) is 0.818. The molecule has 0 fully saturated rings. The molecule has 6 heteroatoms. The first kappa shape index (κ1) is 21.5. The summed E-state index contributed by atoms with van der Waals surface area (Å²) in [4.78, 5) is 6.56. The van der Waals surface area contributed by atoms with E-state index in [0.717, 1.165) is 36.2 Å². The normalized spacial score (nSPS) is 11.2. The zero-order valence-electron chi connectivity index (χ0n) is 13.7. The predicted octanol–water partition coefficient (Wildman–Crippen LogP) is 3.35. The van der Waals surface area contributed by atoms with Crippen LogP contribution in [-0.4, -0.2) is 44.6 Å². The Morgan fingerprint density at radius 3 is 2.68 bits per heavy atom. The van der Waals surface area contributed by atoms with Gasteiger partial charge in [-0.2, -0.15) is 0 Å². The van der Waals surface area contributed by atoms with E-state index < -0.39 is 0 Å². The second-order valence-electron chi connectivity index (χ2n) is 5.14. The Morgan fingerprint density at radius 1 is 1.27 bits per heavy atom. The number of benzene rings is 1. The SMILES string of the molecule is CCCCN(C)CCNC(=NC)NCc1cccc(Cl)c1.I. The van der Waals surface area contributed by atoms with Crippen LogP contribution in [0.2, 0.25) is 5.02 Å². The van der Waals surface area contributed by atoms with Gasteiger partial charge in [-0.15, -0.1) is 24.0 Å². The lowest BCUT2D eigenvalue weighted by Crippen LogP contribution is -2.40. The molecule has 22 heavy (non-hydrogen) atoms. The molecule has 0 aromatic heterocycles. The maximum absolute atomic E-state index is 5.97. The summed E-state index contributed by atoms with van der Waals surface area (Å²) >= 11 is 5.97. The highest BCUT2D eigenvalue weighted by molar-refractivity contribution is 14.0. The Morgan fingerprint density at radius 2 is 2.05 bits per heavy atom. The number of likely N-dealkylation sites (N-methyl/N-ethyl adjacent to an activating group) is 1. The van der Waals surface area contributed by atoms with Crippen LogP contribution < -0.4 is 10.6 Å². The molecule has 0 heterocycles. The summed E-state index contributed by atoms with van der Waals surface area (Å²) in [7, 11) is 3.94. The highest BCUT2D eigenvalue weighted by Crippen LogP contribution is 2.10. The number of hydrogen-bond acceptors (Lipinski definition) is 2. The van der Waals surface area contributed by atoms with Crippen LogP contribution in [0, 0.1) is 0 Å². The third-order valence-electron chi connectivity index (χ3n) is 3.25. The molecule has 0 unspecified atom stereocenters. The fraction of sp³-hybridized carbons (Fsp3) is 0.562. The van der Waals surface area contributed by atoms with Crippen LogP contribution in [0.3, 0.4) is 0 Å². The molecule has 4 nitrogen and oxygen atoms in total. The molecule has 0 radical (unpaired) electrons. The van der Waals surface area contributed by atoms with E-state index >= 15 is 0 Å². The number of aliphatic imine (C=N–C) groups is 1. The van der Waals surface area contributed by atoms with Gasteiger partial charge in [0.2, 0.25) is 0 Å². The van der Waals surface area contributed by atoms with Crippen molar-refractivity contribution < 1.29 is 0 Å². The lowest BCUT2D eigenvalue weighted by atomic mass is 10.2. The first-order chi connectivity index (χ1) is 10.2. The molecule has 0 aliphatic rings. The highest BCUT2D eigenvalue weighted by atomic mass is 127. The van der Waals surface area contributed by atoms with Crippen LogP contribution in [0.15, 0.2) is 29.3 Å². The van der Waals surface area contributed by atoms with Crippen molar-refractivity contribution >= 4 is 41.5 Å². The molecule has 2 N–H and O–H groups in total. The second kappa shape index (κ2) is 13.0. The van der Waals surface area contributed by atoms with E-state index in [1.165, 1.54) is 12.8 Å². The molecule has 1 aromatic rings. The minimum Gasteiger partial charge on any atom is -0.355 e. The zero-order chi connectivity index (χ0) is 15.5. The number of guanidine groups is 1. The van der Waals surface area contributed by atoms with Gasteiger partial charge in [-0.3, -0.25) is 4.99 Å². The highest BCUT2D eigenvalue weighted by Gasteiger charge is 2.01. The van der Waals surface area contributed by atoms with Crippen molar-refractivity contribution in [3.63, 3.8) is 0 Å². The van der Waals surface area contributed by atoms with Crippen LogP contribution in [0.25, 0.3) is 0 Å². The van der Waals surface area contributed by atoms with Crippen molar-refractivity contribution in [2.24, 2.45) is 4.99 Å². The molecule has 0 saturated carbocycles. The predicted molar refractivity (Wildman–Crippen MR) is 107 cm³/mol. The number of nitrogens with one attached hydrogen (secondary N) is 2. The molecule has 0 bridgehead atoms. The zero-order valence-corrected chi connectivity index (χ0v) is 16.8. The van der Waals surface area contributed by atoms with Gasteiger partial charge >= 0.3 is 0 Å². The van der Waals surface area contributed by atoms with Gasteiger partial charge in [-0.25, -0.2) is 0 Å². The lowest BCUT2D eigenvalue weighted by molar-refractivity contribution is 0.332. The first-order valence-corrected chi connectivity index (χ1v) is 7.91. The molecule has 0 atom stereocenters. The molecule has 1 rings (SSSR count). The van der Waals surface area contributed by atoms with Gasteiger partial charge in [0.25, 0.3) is 0 Å². The van der Waals surface area contributed by atoms with Gasteiger partial charge < -0.3 is 15.5 Å². The van der Waals surface area contributed by atoms with Crippen molar-refractivity contribution in [1.29, 1.82) is 0 Å². The van der Waals surface area contributed by atoms with E-state index in [-0.39, 0.29) is 24.0 Å². The first-order valence-electron chi connectivity index (χ1n) is 7.53. The molecular weight excluding hydrogens is 411 g/mol. The van der Waals surface area contributed by atoms with E-state index in [2.05, 4.69) is 34.5 Å². The molecule has 0 aliphatic heterocycles. The van der Waals surface area contributed by atoms with E-state index in [1.54, 1.807) is 7.05 Å². The fourth-order valence-electron chi connectivity index (χ4n) is 1.96.